The smallest absolute Gasteiger partial charge is 0.256 e. The maximum absolute atomic E-state index is 13.2. The lowest BCUT2D eigenvalue weighted by atomic mass is 9.99. The highest BCUT2D eigenvalue weighted by Crippen LogP contribution is 2.32. The fraction of sp³-hybridized carbons (Fsp3) is 0.0400. The second kappa shape index (κ2) is 9.56. The Morgan fingerprint density at radius 2 is 1.77 bits per heavy atom. The van der Waals surface area contributed by atoms with E-state index in [-0.39, 0.29) is 5.91 Å². The number of halogens is 2. The molecule has 0 atom stereocenters. The second-order valence-corrected chi connectivity index (χ2v) is 8.51. The van der Waals surface area contributed by atoms with Crippen LogP contribution in [0, 0.1) is 0 Å². The van der Waals surface area contributed by atoms with Gasteiger partial charge in [0.15, 0.2) is 0 Å². The van der Waals surface area contributed by atoms with Crippen molar-refractivity contribution in [3.8, 4) is 22.4 Å². The maximum Gasteiger partial charge on any atom is 0.256 e. The van der Waals surface area contributed by atoms with Gasteiger partial charge in [-0.2, -0.15) is 0 Å². The number of thioether (sulfide) groups is 1. The Kier molecular flexibility index (Phi) is 6.62. The molecule has 0 aliphatic rings. The van der Waals surface area contributed by atoms with Gasteiger partial charge >= 0.3 is 0 Å². The molecule has 1 heterocycles. The van der Waals surface area contributed by atoms with Gasteiger partial charge in [-0.3, -0.25) is 9.78 Å². The van der Waals surface area contributed by atoms with Crippen LogP contribution in [-0.4, -0.2) is 17.1 Å². The molecule has 3 aromatic carbocycles. The van der Waals surface area contributed by atoms with Gasteiger partial charge in [0.2, 0.25) is 0 Å². The van der Waals surface area contributed by atoms with Crippen LogP contribution < -0.4 is 5.32 Å². The summed E-state index contributed by atoms with van der Waals surface area (Å²) in [5, 5.41) is 4.18. The highest BCUT2D eigenvalue weighted by Gasteiger charge is 2.15. The highest BCUT2D eigenvalue weighted by atomic mass is 35.5. The predicted octanol–water partition coefficient (Wildman–Crippen LogP) is 7.70. The molecule has 0 saturated heterocycles. The third-order valence-electron chi connectivity index (χ3n) is 4.77. The van der Waals surface area contributed by atoms with E-state index in [1.807, 2.05) is 73.0 Å². The van der Waals surface area contributed by atoms with Gasteiger partial charge in [0.25, 0.3) is 5.91 Å². The molecule has 6 heteroatoms. The lowest BCUT2D eigenvalue weighted by molar-refractivity contribution is 0.102. The van der Waals surface area contributed by atoms with Crippen molar-refractivity contribution in [3.63, 3.8) is 0 Å². The molecule has 1 amide bonds. The third kappa shape index (κ3) is 4.93. The van der Waals surface area contributed by atoms with E-state index in [1.54, 1.807) is 30.1 Å². The Morgan fingerprint density at radius 3 is 2.52 bits per heavy atom. The fourth-order valence-corrected chi connectivity index (χ4v) is 4.11. The van der Waals surface area contributed by atoms with E-state index in [2.05, 4.69) is 10.3 Å². The van der Waals surface area contributed by atoms with Crippen LogP contribution in [0.4, 0.5) is 5.69 Å². The third-order valence-corrected chi connectivity index (χ3v) is 6.06. The van der Waals surface area contributed by atoms with Crippen molar-refractivity contribution >= 4 is 46.6 Å². The first kappa shape index (κ1) is 21.4. The van der Waals surface area contributed by atoms with Crippen molar-refractivity contribution in [2.75, 3.05) is 11.6 Å². The van der Waals surface area contributed by atoms with Crippen molar-refractivity contribution in [2.45, 2.75) is 4.90 Å². The van der Waals surface area contributed by atoms with Crippen molar-refractivity contribution in [3.05, 3.63) is 101 Å². The molecule has 3 nitrogen and oxygen atoms in total. The lowest BCUT2D eigenvalue weighted by Crippen LogP contribution is -2.13. The van der Waals surface area contributed by atoms with E-state index in [9.17, 15) is 4.79 Å². The Bertz CT molecular complexity index is 1250. The first-order chi connectivity index (χ1) is 15.0. The average Bonchev–Trinajstić information content (AvgIpc) is 2.80. The van der Waals surface area contributed by atoms with Gasteiger partial charge in [-0.05, 0) is 78.0 Å². The Morgan fingerprint density at radius 1 is 0.903 bits per heavy atom. The number of anilines is 1. The molecule has 154 valence electrons. The van der Waals surface area contributed by atoms with Crippen LogP contribution in [0.15, 0.2) is 90.0 Å². The molecule has 1 aromatic heterocycles. The summed E-state index contributed by atoms with van der Waals surface area (Å²) in [5.41, 5.74) is 4.42. The zero-order valence-corrected chi connectivity index (χ0v) is 18.9. The summed E-state index contributed by atoms with van der Waals surface area (Å²) < 4.78 is 0. The summed E-state index contributed by atoms with van der Waals surface area (Å²) in [6, 6.07) is 24.3. The number of aromatic nitrogens is 1. The van der Waals surface area contributed by atoms with Crippen LogP contribution >= 0.6 is 35.0 Å². The topological polar surface area (TPSA) is 42.0 Å². The van der Waals surface area contributed by atoms with E-state index < -0.39 is 0 Å². The number of pyridine rings is 1. The van der Waals surface area contributed by atoms with Crippen LogP contribution in [-0.2, 0) is 0 Å². The van der Waals surface area contributed by atoms with Gasteiger partial charge < -0.3 is 5.32 Å². The number of rotatable bonds is 5. The monoisotopic (exact) mass is 464 g/mol. The molecular weight excluding hydrogens is 447 g/mol. The van der Waals surface area contributed by atoms with Gasteiger partial charge in [0.05, 0.1) is 10.7 Å². The summed E-state index contributed by atoms with van der Waals surface area (Å²) in [6.45, 7) is 0. The van der Waals surface area contributed by atoms with Crippen molar-refractivity contribution in [1.82, 2.24) is 4.98 Å². The quantitative estimate of drug-likeness (QED) is 0.307. The maximum atomic E-state index is 13.2. The molecule has 4 rings (SSSR count). The van der Waals surface area contributed by atoms with Crippen molar-refractivity contribution < 1.29 is 4.79 Å². The summed E-state index contributed by atoms with van der Waals surface area (Å²) in [5.74, 6) is -0.211. The summed E-state index contributed by atoms with van der Waals surface area (Å²) >= 11 is 14.2. The molecule has 31 heavy (non-hydrogen) atoms. The van der Waals surface area contributed by atoms with Crippen LogP contribution in [0.1, 0.15) is 10.4 Å². The summed E-state index contributed by atoms with van der Waals surface area (Å²) in [6.07, 6.45) is 3.71. The second-order valence-electron chi connectivity index (χ2n) is 6.79. The van der Waals surface area contributed by atoms with Crippen LogP contribution in [0.3, 0.4) is 0 Å². The molecule has 0 aliphatic carbocycles. The number of nitrogens with zero attached hydrogens (tertiary/aromatic N) is 1. The highest BCUT2D eigenvalue weighted by molar-refractivity contribution is 7.98. The Hall–Kier alpha value is -2.79. The molecule has 4 aromatic rings. The minimum Gasteiger partial charge on any atom is -0.322 e. The molecule has 0 spiro atoms. The summed E-state index contributed by atoms with van der Waals surface area (Å²) in [4.78, 5) is 18.6. The number of hydrogen-bond donors (Lipinski definition) is 1. The standard InChI is InChI=1S/C25H18Cl2N2OS/c1-31-19-9-10-20(21(15-19)16-5-4-6-17(26)13-16)25(30)29-18-8-11-23(27)22(14-18)24-7-2-3-12-28-24/h2-15H,1H3,(H,29,30). The number of hydrogen-bond acceptors (Lipinski definition) is 3. The molecule has 0 aliphatic heterocycles. The number of carbonyl (C=O) groups excluding carboxylic acids is 1. The van der Waals surface area contributed by atoms with E-state index in [4.69, 9.17) is 23.2 Å². The molecule has 1 N–H and O–H groups in total. The van der Waals surface area contributed by atoms with Crippen molar-refractivity contribution in [1.29, 1.82) is 0 Å². The van der Waals surface area contributed by atoms with Crippen LogP contribution in [0.25, 0.3) is 22.4 Å². The minimum absolute atomic E-state index is 0.211. The molecule has 0 saturated carbocycles. The number of nitrogens with one attached hydrogen (secondary N) is 1. The van der Waals surface area contributed by atoms with Crippen LogP contribution in [0.2, 0.25) is 10.0 Å². The molecule has 0 unspecified atom stereocenters. The van der Waals surface area contributed by atoms with E-state index >= 15 is 0 Å². The van der Waals surface area contributed by atoms with Gasteiger partial charge in [-0.1, -0.05) is 41.4 Å². The molecule has 0 fully saturated rings. The zero-order chi connectivity index (χ0) is 21.8. The molecule has 0 bridgehead atoms. The Labute approximate surface area is 195 Å². The van der Waals surface area contributed by atoms with Gasteiger partial charge in [0.1, 0.15) is 0 Å². The lowest BCUT2D eigenvalue weighted by Gasteiger charge is -2.13. The van der Waals surface area contributed by atoms with E-state index in [0.29, 0.717) is 21.3 Å². The average molecular weight is 465 g/mol. The SMILES string of the molecule is CSc1ccc(C(=O)Nc2ccc(Cl)c(-c3ccccn3)c2)c(-c2cccc(Cl)c2)c1. The molecular formula is C25H18Cl2N2OS. The van der Waals surface area contributed by atoms with Gasteiger partial charge in [-0.25, -0.2) is 0 Å². The summed E-state index contributed by atoms with van der Waals surface area (Å²) in [7, 11) is 0. The fourth-order valence-electron chi connectivity index (χ4n) is 3.26. The molecule has 0 radical (unpaired) electrons. The number of carbonyl (C=O) groups is 1. The first-order valence-corrected chi connectivity index (χ1v) is 11.5. The predicted molar refractivity (Wildman–Crippen MR) is 131 cm³/mol. The Balaban J connectivity index is 1.70. The largest absolute Gasteiger partial charge is 0.322 e. The van der Waals surface area contributed by atoms with Crippen LogP contribution in [0.5, 0.6) is 0 Å². The van der Waals surface area contributed by atoms with E-state index in [1.165, 1.54) is 0 Å². The first-order valence-electron chi connectivity index (χ1n) is 9.51. The number of benzene rings is 3. The van der Waals surface area contributed by atoms with Gasteiger partial charge in [-0.15, -0.1) is 11.8 Å². The minimum atomic E-state index is -0.211. The zero-order valence-electron chi connectivity index (χ0n) is 16.6. The van der Waals surface area contributed by atoms with Crippen molar-refractivity contribution in [2.24, 2.45) is 0 Å². The van der Waals surface area contributed by atoms with E-state index in [0.717, 1.165) is 27.3 Å². The normalized spacial score (nSPS) is 10.7. The van der Waals surface area contributed by atoms with Gasteiger partial charge in [0, 0.05) is 32.9 Å². The number of amides is 1.